The molecule has 2 aromatic rings. The van der Waals surface area contributed by atoms with Gasteiger partial charge in [-0.2, -0.15) is 0 Å². The monoisotopic (exact) mass is 261 g/mol. The van der Waals surface area contributed by atoms with Crippen LogP contribution in [-0.4, -0.2) is 6.61 Å². The average molecular weight is 262 g/mol. The maximum Gasteiger partial charge on any atom is 0.119 e. The van der Waals surface area contributed by atoms with E-state index in [2.05, 4.69) is 13.0 Å². The Labute approximate surface area is 112 Å². The first-order valence-electron chi connectivity index (χ1n) is 5.86. The number of nitrogens with two attached hydrogens (primary N) is 1. The third kappa shape index (κ3) is 3.25. The Morgan fingerprint density at radius 2 is 1.78 bits per heavy atom. The molecular formula is C15H16ClNO. The summed E-state index contributed by atoms with van der Waals surface area (Å²) < 4.78 is 5.65. The van der Waals surface area contributed by atoms with Gasteiger partial charge in [0.25, 0.3) is 0 Å². The predicted octanol–water partition coefficient (Wildman–Crippen LogP) is 3.73. The van der Waals surface area contributed by atoms with Crippen molar-refractivity contribution in [3.05, 3.63) is 64.7 Å². The molecule has 0 fully saturated rings. The maximum atomic E-state index is 6.12. The molecule has 0 bridgehead atoms. The summed E-state index contributed by atoms with van der Waals surface area (Å²) in [5, 5.41) is 0.700. The van der Waals surface area contributed by atoms with Crippen LogP contribution in [0.2, 0.25) is 5.02 Å². The standard InChI is InChI=1S/C15H16ClNO/c1-11-4-2-3-5-14(11)15(17)10-18-13-8-6-12(16)7-9-13/h2-9,15H,10,17H2,1H3. The van der Waals surface area contributed by atoms with Gasteiger partial charge in [-0.05, 0) is 42.3 Å². The molecule has 2 N–H and O–H groups in total. The fourth-order valence-electron chi connectivity index (χ4n) is 1.81. The third-order valence-corrected chi connectivity index (χ3v) is 3.08. The molecular weight excluding hydrogens is 246 g/mol. The molecule has 0 spiro atoms. The summed E-state index contributed by atoms with van der Waals surface area (Å²) in [5.74, 6) is 0.781. The molecule has 2 rings (SSSR count). The lowest BCUT2D eigenvalue weighted by Gasteiger charge is -2.15. The van der Waals surface area contributed by atoms with E-state index in [0.717, 1.165) is 11.3 Å². The minimum absolute atomic E-state index is 0.123. The Kier molecular flexibility index (Phi) is 4.24. The lowest BCUT2D eigenvalue weighted by Crippen LogP contribution is -2.19. The van der Waals surface area contributed by atoms with Crippen LogP contribution in [-0.2, 0) is 0 Å². The molecule has 0 aliphatic heterocycles. The Balaban J connectivity index is 1.98. The minimum atomic E-state index is -0.123. The zero-order chi connectivity index (χ0) is 13.0. The number of aryl methyl sites for hydroxylation is 1. The van der Waals surface area contributed by atoms with Crippen molar-refractivity contribution in [3.8, 4) is 5.75 Å². The van der Waals surface area contributed by atoms with Gasteiger partial charge in [-0.15, -0.1) is 0 Å². The molecule has 0 saturated heterocycles. The highest BCUT2D eigenvalue weighted by Crippen LogP contribution is 2.19. The normalized spacial score (nSPS) is 12.2. The van der Waals surface area contributed by atoms with Crippen LogP contribution in [0.4, 0.5) is 0 Å². The molecule has 18 heavy (non-hydrogen) atoms. The smallest absolute Gasteiger partial charge is 0.119 e. The second kappa shape index (κ2) is 5.89. The lowest BCUT2D eigenvalue weighted by atomic mass is 10.0. The summed E-state index contributed by atoms with van der Waals surface area (Å²) in [6, 6.07) is 15.2. The zero-order valence-electron chi connectivity index (χ0n) is 10.3. The van der Waals surface area contributed by atoms with Gasteiger partial charge < -0.3 is 10.5 Å². The van der Waals surface area contributed by atoms with E-state index in [0.29, 0.717) is 11.6 Å². The van der Waals surface area contributed by atoms with Crippen LogP contribution in [0.5, 0.6) is 5.75 Å². The van der Waals surface area contributed by atoms with E-state index >= 15 is 0 Å². The van der Waals surface area contributed by atoms with Crippen LogP contribution < -0.4 is 10.5 Å². The Bertz CT molecular complexity index is 510. The molecule has 0 heterocycles. The lowest BCUT2D eigenvalue weighted by molar-refractivity contribution is 0.290. The van der Waals surface area contributed by atoms with Crippen LogP contribution in [0.1, 0.15) is 17.2 Å². The van der Waals surface area contributed by atoms with Gasteiger partial charge in [-0.3, -0.25) is 0 Å². The van der Waals surface area contributed by atoms with Crippen LogP contribution in [0.3, 0.4) is 0 Å². The Hall–Kier alpha value is -1.51. The van der Waals surface area contributed by atoms with Gasteiger partial charge in [0.15, 0.2) is 0 Å². The van der Waals surface area contributed by atoms with Crippen LogP contribution >= 0.6 is 11.6 Å². The molecule has 3 heteroatoms. The van der Waals surface area contributed by atoms with Crippen LogP contribution in [0.25, 0.3) is 0 Å². The molecule has 94 valence electrons. The zero-order valence-corrected chi connectivity index (χ0v) is 11.0. The summed E-state index contributed by atoms with van der Waals surface area (Å²) in [4.78, 5) is 0. The van der Waals surface area contributed by atoms with Gasteiger partial charge >= 0.3 is 0 Å². The summed E-state index contributed by atoms with van der Waals surface area (Å²) >= 11 is 5.81. The predicted molar refractivity (Wildman–Crippen MR) is 75.1 cm³/mol. The first kappa shape index (κ1) is 12.9. The van der Waals surface area contributed by atoms with Crippen molar-refractivity contribution in [3.63, 3.8) is 0 Å². The number of rotatable bonds is 4. The van der Waals surface area contributed by atoms with E-state index in [1.54, 1.807) is 12.1 Å². The molecule has 2 aromatic carbocycles. The summed E-state index contributed by atoms with van der Waals surface area (Å²) in [6.07, 6.45) is 0. The van der Waals surface area contributed by atoms with E-state index in [1.165, 1.54) is 5.56 Å². The van der Waals surface area contributed by atoms with Crippen molar-refractivity contribution in [1.82, 2.24) is 0 Å². The largest absolute Gasteiger partial charge is 0.492 e. The molecule has 2 nitrogen and oxygen atoms in total. The summed E-state index contributed by atoms with van der Waals surface area (Å²) in [6.45, 7) is 2.50. The highest BCUT2D eigenvalue weighted by molar-refractivity contribution is 6.30. The van der Waals surface area contributed by atoms with Crippen molar-refractivity contribution in [2.24, 2.45) is 5.73 Å². The topological polar surface area (TPSA) is 35.2 Å². The Morgan fingerprint density at radius 3 is 2.44 bits per heavy atom. The van der Waals surface area contributed by atoms with Crippen LogP contribution in [0, 0.1) is 6.92 Å². The molecule has 0 radical (unpaired) electrons. The van der Waals surface area contributed by atoms with Gasteiger partial charge in [0.2, 0.25) is 0 Å². The third-order valence-electron chi connectivity index (χ3n) is 2.83. The molecule has 0 aromatic heterocycles. The second-order valence-corrected chi connectivity index (χ2v) is 4.66. The number of hydrogen-bond acceptors (Lipinski definition) is 2. The highest BCUT2D eigenvalue weighted by Gasteiger charge is 2.09. The molecule has 1 unspecified atom stereocenters. The first-order valence-corrected chi connectivity index (χ1v) is 6.24. The maximum absolute atomic E-state index is 6.12. The van der Waals surface area contributed by atoms with Gasteiger partial charge in [-0.25, -0.2) is 0 Å². The quantitative estimate of drug-likeness (QED) is 0.910. The van der Waals surface area contributed by atoms with Gasteiger partial charge in [0, 0.05) is 5.02 Å². The van der Waals surface area contributed by atoms with Crippen LogP contribution in [0.15, 0.2) is 48.5 Å². The second-order valence-electron chi connectivity index (χ2n) is 4.23. The summed E-state index contributed by atoms with van der Waals surface area (Å²) in [5.41, 5.74) is 8.42. The Morgan fingerprint density at radius 1 is 1.11 bits per heavy atom. The van der Waals surface area contributed by atoms with E-state index in [1.807, 2.05) is 30.3 Å². The van der Waals surface area contributed by atoms with E-state index < -0.39 is 0 Å². The van der Waals surface area contributed by atoms with Crippen molar-refractivity contribution in [2.75, 3.05) is 6.61 Å². The molecule has 0 saturated carbocycles. The van der Waals surface area contributed by atoms with Crippen molar-refractivity contribution in [2.45, 2.75) is 13.0 Å². The van der Waals surface area contributed by atoms with Crippen molar-refractivity contribution < 1.29 is 4.74 Å². The van der Waals surface area contributed by atoms with E-state index in [4.69, 9.17) is 22.1 Å². The van der Waals surface area contributed by atoms with Crippen molar-refractivity contribution in [1.29, 1.82) is 0 Å². The van der Waals surface area contributed by atoms with Gasteiger partial charge in [0.05, 0.1) is 6.04 Å². The van der Waals surface area contributed by atoms with Gasteiger partial charge in [-0.1, -0.05) is 35.9 Å². The van der Waals surface area contributed by atoms with Gasteiger partial charge in [0.1, 0.15) is 12.4 Å². The first-order chi connectivity index (χ1) is 8.66. The number of halogens is 1. The molecule has 1 atom stereocenters. The minimum Gasteiger partial charge on any atom is -0.492 e. The number of hydrogen-bond donors (Lipinski definition) is 1. The molecule has 0 aliphatic carbocycles. The van der Waals surface area contributed by atoms with E-state index in [-0.39, 0.29) is 6.04 Å². The number of benzene rings is 2. The van der Waals surface area contributed by atoms with E-state index in [9.17, 15) is 0 Å². The summed E-state index contributed by atoms with van der Waals surface area (Å²) in [7, 11) is 0. The SMILES string of the molecule is Cc1ccccc1C(N)COc1ccc(Cl)cc1. The average Bonchev–Trinajstić information content (AvgIpc) is 2.38. The fraction of sp³-hybridized carbons (Fsp3) is 0.200. The van der Waals surface area contributed by atoms with Crippen molar-refractivity contribution >= 4 is 11.6 Å². The fourth-order valence-corrected chi connectivity index (χ4v) is 1.94. The molecule has 0 aliphatic rings. The number of ether oxygens (including phenoxy) is 1. The highest BCUT2D eigenvalue weighted by atomic mass is 35.5. The molecule has 0 amide bonds.